The SMILES string of the molecule is O=C(N[C@@H]1CN(CC2CCCCC2)C[C@H]1O)c1cnccn1. The summed E-state index contributed by atoms with van der Waals surface area (Å²) in [5.41, 5.74) is 0.292. The van der Waals surface area contributed by atoms with Crippen LogP contribution in [0.4, 0.5) is 0 Å². The second kappa shape index (κ2) is 7.15. The lowest BCUT2D eigenvalue weighted by atomic mass is 9.89. The van der Waals surface area contributed by atoms with Gasteiger partial charge in [0.05, 0.1) is 18.3 Å². The van der Waals surface area contributed by atoms with Crippen LogP contribution in [0.1, 0.15) is 42.6 Å². The minimum atomic E-state index is -0.510. The third kappa shape index (κ3) is 3.81. The zero-order valence-corrected chi connectivity index (χ0v) is 12.8. The number of nitrogens with zero attached hydrogens (tertiary/aromatic N) is 3. The van der Waals surface area contributed by atoms with Crippen molar-refractivity contribution in [3.63, 3.8) is 0 Å². The number of likely N-dealkylation sites (tertiary alicyclic amines) is 1. The normalized spacial score (nSPS) is 27.0. The van der Waals surface area contributed by atoms with Crippen LogP contribution in [0.15, 0.2) is 18.6 Å². The monoisotopic (exact) mass is 304 g/mol. The van der Waals surface area contributed by atoms with Gasteiger partial charge in [0, 0.05) is 32.0 Å². The Morgan fingerprint density at radius 3 is 2.82 bits per heavy atom. The van der Waals surface area contributed by atoms with Crippen LogP contribution in [0.2, 0.25) is 0 Å². The molecule has 6 heteroatoms. The predicted molar refractivity (Wildman–Crippen MR) is 82.3 cm³/mol. The molecule has 2 fully saturated rings. The fourth-order valence-electron chi connectivity index (χ4n) is 3.55. The van der Waals surface area contributed by atoms with Crippen molar-refractivity contribution in [3.8, 4) is 0 Å². The van der Waals surface area contributed by atoms with Crippen LogP contribution in [0.5, 0.6) is 0 Å². The molecule has 3 rings (SSSR count). The van der Waals surface area contributed by atoms with Crippen molar-refractivity contribution in [2.24, 2.45) is 5.92 Å². The summed E-state index contributed by atoms with van der Waals surface area (Å²) >= 11 is 0. The van der Waals surface area contributed by atoms with Gasteiger partial charge in [0.2, 0.25) is 0 Å². The first-order valence-electron chi connectivity index (χ1n) is 8.19. The molecule has 2 heterocycles. The number of hydrogen-bond donors (Lipinski definition) is 2. The van der Waals surface area contributed by atoms with Crippen LogP contribution in [0, 0.1) is 5.92 Å². The average molecular weight is 304 g/mol. The quantitative estimate of drug-likeness (QED) is 0.861. The van der Waals surface area contributed by atoms with Crippen molar-refractivity contribution < 1.29 is 9.90 Å². The molecule has 1 aliphatic carbocycles. The molecule has 1 saturated carbocycles. The van der Waals surface area contributed by atoms with Crippen molar-refractivity contribution in [3.05, 3.63) is 24.3 Å². The number of aromatic nitrogens is 2. The van der Waals surface area contributed by atoms with Crippen LogP contribution in [-0.4, -0.2) is 57.7 Å². The predicted octanol–water partition coefficient (Wildman–Crippen LogP) is 0.832. The summed E-state index contributed by atoms with van der Waals surface area (Å²) in [6.07, 6.45) is 10.6. The Morgan fingerprint density at radius 1 is 1.27 bits per heavy atom. The smallest absolute Gasteiger partial charge is 0.271 e. The molecule has 2 N–H and O–H groups in total. The zero-order valence-electron chi connectivity index (χ0n) is 12.8. The van der Waals surface area contributed by atoms with E-state index in [1.165, 1.54) is 50.7 Å². The van der Waals surface area contributed by atoms with Crippen LogP contribution in [-0.2, 0) is 0 Å². The number of amides is 1. The van der Waals surface area contributed by atoms with Gasteiger partial charge in [-0.05, 0) is 18.8 Å². The van der Waals surface area contributed by atoms with Crippen molar-refractivity contribution in [2.45, 2.75) is 44.2 Å². The van der Waals surface area contributed by atoms with Gasteiger partial charge in [-0.25, -0.2) is 4.98 Å². The van der Waals surface area contributed by atoms with Crippen LogP contribution < -0.4 is 5.32 Å². The Balaban J connectivity index is 1.51. The summed E-state index contributed by atoms with van der Waals surface area (Å²) in [6, 6.07) is -0.224. The Labute approximate surface area is 131 Å². The average Bonchev–Trinajstić information content (AvgIpc) is 2.88. The maximum absolute atomic E-state index is 12.1. The molecule has 1 saturated heterocycles. The highest BCUT2D eigenvalue weighted by atomic mass is 16.3. The summed E-state index contributed by atoms with van der Waals surface area (Å²) in [7, 11) is 0. The Bertz CT molecular complexity index is 490. The highest BCUT2D eigenvalue weighted by Gasteiger charge is 2.33. The number of hydrogen-bond acceptors (Lipinski definition) is 5. The van der Waals surface area contributed by atoms with Crippen molar-refractivity contribution in [1.29, 1.82) is 0 Å². The molecule has 0 bridgehead atoms. The highest BCUT2D eigenvalue weighted by Crippen LogP contribution is 2.25. The first kappa shape index (κ1) is 15.4. The molecule has 22 heavy (non-hydrogen) atoms. The summed E-state index contributed by atoms with van der Waals surface area (Å²) in [5, 5.41) is 13.1. The zero-order chi connectivity index (χ0) is 15.4. The molecule has 120 valence electrons. The van der Waals surface area contributed by atoms with Gasteiger partial charge in [0.1, 0.15) is 5.69 Å². The number of aliphatic hydroxyl groups is 1. The van der Waals surface area contributed by atoms with E-state index in [9.17, 15) is 9.90 Å². The van der Waals surface area contributed by atoms with E-state index in [-0.39, 0.29) is 11.9 Å². The summed E-state index contributed by atoms with van der Waals surface area (Å²) in [4.78, 5) is 22.3. The molecule has 0 unspecified atom stereocenters. The standard InChI is InChI=1S/C16H24N4O2/c21-15-11-20(9-12-4-2-1-3-5-12)10-14(15)19-16(22)13-8-17-6-7-18-13/h6-8,12,14-15,21H,1-5,9-11H2,(H,19,22)/t14-,15-/m1/s1. The molecule has 0 radical (unpaired) electrons. The Kier molecular flexibility index (Phi) is 5.00. The topological polar surface area (TPSA) is 78.4 Å². The number of carbonyl (C=O) groups is 1. The van der Waals surface area contributed by atoms with E-state index in [0.717, 1.165) is 12.5 Å². The molecule has 0 aromatic carbocycles. The maximum atomic E-state index is 12.1. The largest absolute Gasteiger partial charge is 0.390 e. The van der Waals surface area contributed by atoms with E-state index < -0.39 is 6.10 Å². The molecular weight excluding hydrogens is 280 g/mol. The van der Waals surface area contributed by atoms with Gasteiger partial charge in [-0.3, -0.25) is 14.7 Å². The third-order valence-electron chi connectivity index (χ3n) is 4.72. The fourth-order valence-corrected chi connectivity index (χ4v) is 3.55. The fraction of sp³-hybridized carbons (Fsp3) is 0.688. The van der Waals surface area contributed by atoms with Gasteiger partial charge < -0.3 is 10.4 Å². The molecule has 2 atom stereocenters. The molecule has 0 spiro atoms. The Morgan fingerprint density at radius 2 is 2.09 bits per heavy atom. The molecular formula is C16H24N4O2. The minimum absolute atomic E-state index is 0.224. The first-order valence-corrected chi connectivity index (χ1v) is 8.19. The lowest BCUT2D eigenvalue weighted by Gasteiger charge is -2.26. The van der Waals surface area contributed by atoms with Gasteiger partial charge in [-0.1, -0.05) is 19.3 Å². The number of carbonyl (C=O) groups excluding carboxylic acids is 1. The number of nitrogens with one attached hydrogen (secondary N) is 1. The van der Waals surface area contributed by atoms with E-state index in [2.05, 4.69) is 20.2 Å². The highest BCUT2D eigenvalue weighted by molar-refractivity contribution is 5.92. The molecule has 1 amide bonds. The van der Waals surface area contributed by atoms with E-state index in [1.54, 1.807) is 0 Å². The van der Waals surface area contributed by atoms with E-state index >= 15 is 0 Å². The van der Waals surface area contributed by atoms with Gasteiger partial charge in [0.25, 0.3) is 5.91 Å². The van der Waals surface area contributed by atoms with E-state index in [1.807, 2.05) is 0 Å². The van der Waals surface area contributed by atoms with Gasteiger partial charge in [0.15, 0.2) is 0 Å². The first-order chi connectivity index (χ1) is 10.7. The second-order valence-corrected chi connectivity index (χ2v) is 6.46. The number of β-amino-alcohol motifs (C(OH)–C–C–N with tert-alkyl or cyclic N) is 1. The summed E-state index contributed by atoms with van der Waals surface area (Å²) < 4.78 is 0. The molecule has 2 aliphatic rings. The number of rotatable bonds is 4. The van der Waals surface area contributed by atoms with Crippen LogP contribution in [0.25, 0.3) is 0 Å². The van der Waals surface area contributed by atoms with Crippen molar-refractivity contribution in [1.82, 2.24) is 20.2 Å². The lowest BCUT2D eigenvalue weighted by molar-refractivity contribution is 0.0882. The van der Waals surface area contributed by atoms with Crippen LogP contribution >= 0.6 is 0 Å². The van der Waals surface area contributed by atoms with Crippen molar-refractivity contribution in [2.75, 3.05) is 19.6 Å². The van der Waals surface area contributed by atoms with Gasteiger partial charge >= 0.3 is 0 Å². The molecule has 1 aromatic heterocycles. The van der Waals surface area contributed by atoms with Gasteiger partial charge in [-0.15, -0.1) is 0 Å². The Hall–Kier alpha value is -1.53. The molecule has 1 aromatic rings. The second-order valence-electron chi connectivity index (χ2n) is 6.46. The summed E-state index contributed by atoms with van der Waals surface area (Å²) in [6.45, 7) is 2.39. The maximum Gasteiger partial charge on any atom is 0.271 e. The van der Waals surface area contributed by atoms with Crippen LogP contribution in [0.3, 0.4) is 0 Å². The number of aliphatic hydroxyl groups excluding tert-OH is 1. The minimum Gasteiger partial charge on any atom is -0.390 e. The lowest BCUT2D eigenvalue weighted by Crippen LogP contribution is -2.43. The summed E-state index contributed by atoms with van der Waals surface area (Å²) in [5.74, 6) is 0.479. The van der Waals surface area contributed by atoms with Crippen molar-refractivity contribution >= 4 is 5.91 Å². The third-order valence-corrected chi connectivity index (χ3v) is 4.72. The van der Waals surface area contributed by atoms with Gasteiger partial charge in [-0.2, -0.15) is 0 Å². The van der Waals surface area contributed by atoms with E-state index in [0.29, 0.717) is 18.8 Å². The molecule has 6 nitrogen and oxygen atoms in total. The van der Waals surface area contributed by atoms with E-state index in [4.69, 9.17) is 0 Å². The molecule has 1 aliphatic heterocycles.